The third-order valence-corrected chi connectivity index (χ3v) is 7.46. The quantitative estimate of drug-likeness (QED) is 0.567. The Kier molecular flexibility index (Phi) is 5.12. The van der Waals surface area contributed by atoms with E-state index in [1.54, 1.807) is 19.4 Å². The Bertz CT molecular complexity index is 1190. The topological polar surface area (TPSA) is 59.3 Å². The molecule has 4 heterocycles. The van der Waals surface area contributed by atoms with Crippen LogP contribution in [0.25, 0.3) is 5.69 Å². The van der Waals surface area contributed by atoms with E-state index in [0.717, 1.165) is 61.4 Å². The lowest BCUT2D eigenvalue weighted by molar-refractivity contribution is 0.0576. The molecule has 0 radical (unpaired) electrons. The summed E-state index contributed by atoms with van der Waals surface area (Å²) < 4.78 is 21.6. The second-order valence-electron chi connectivity index (χ2n) is 9.56. The molecule has 1 spiro atoms. The SMILES string of the molecule is COCCN1Cc2cc(Cl)ccc2-n2c(nnc2C2CC3(C2)CN(c2ncccc2F)C3)C1. The van der Waals surface area contributed by atoms with Crippen LogP contribution in [0.15, 0.2) is 36.5 Å². The molecule has 1 saturated heterocycles. The van der Waals surface area contributed by atoms with Crippen molar-refractivity contribution in [3.8, 4) is 5.69 Å². The largest absolute Gasteiger partial charge is 0.383 e. The van der Waals surface area contributed by atoms with Gasteiger partial charge in [0, 0.05) is 55.8 Å². The first kappa shape index (κ1) is 21.0. The maximum absolute atomic E-state index is 14.1. The molecule has 1 saturated carbocycles. The highest BCUT2D eigenvalue weighted by Gasteiger charge is 2.54. The van der Waals surface area contributed by atoms with E-state index in [-0.39, 0.29) is 11.2 Å². The summed E-state index contributed by atoms with van der Waals surface area (Å²) in [6, 6.07) is 9.17. The Hall–Kier alpha value is -2.55. The van der Waals surface area contributed by atoms with Gasteiger partial charge >= 0.3 is 0 Å². The van der Waals surface area contributed by atoms with E-state index in [4.69, 9.17) is 16.3 Å². The van der Waals surface area contributed by atoms with Gasteiger partial charge in [0.05, 0.1) is 18.8 Å². The molecule has 0 bridgehead atoms. The molecule has 0 amide bonds. The van der Waals surface area contributed by atoms with Crippen LogP contribution in [-0.4, -0.2) is 58.0 Å². The number of anilines is 1. The van der Waals surface area contributed by atoms with Gasteiger partial charge in [-0.1, -0.05) is 11.6 Å². The number of rotatable bonds is 5. The van der Waals surface area contributed by atoms with Gasteiger partial charge in [-0.25, -0.2) is 9.37 Å². The number of benzene rings is 1. The predicted octanol–water partition coefficient (Wildman–Crippen LogP) is 3.80. The van der Waals surface area contributed by atoms with Crippen molar-refractivity contribution >= 4 is 17.4 Å². The maximum atomic E-state index is 14.1. The second kappa shape index (κ2) is 8.04. The van der Waals surface area contributed by atoms with E-state index in [1.807, 2.05) is 17.0 Å². The maximum Gasteiger partial charge on any atom is 0.165 e. The minimum atomic E-state index is -0.251. The fourth-order valence-electron chi connectivity index (χ4n) is 5.68. The van der Waals surface area contributed by atoms with Gasteiger partial charge in [0.2, 0.25) is 0 Å². The third kappa shape index (κ3) is 3.61. The summed E-state index contributed by atoms with van der Waals surface area (Å²) in [7, 11) is 1.72. The molecule has 2 fully saturated rings. The molecule has 0 atom stereocenters. The van der Waals surface area contributed by atoms with Gasteiger partial charge in [-0.05, 0) is 48.7 Å². The minimum absolute atomic E-state index is 0.221. The highest BCUT2D eigenvalue weighted by molar-refractivity contribution is 6.30. The first-order valence-corrected chi connectivity index (χ1v) is 11.7. The van der Waals surface area contributed by atoms with Crippen LogP contribution < -0.4 is 4.90 Å². The van der Waals surface area contributed by atoms with Crippen molar-refractivity contribution in [1.82, 2.24) is 24.6 Å². The van der Waals surface area contributed by atoms with Crippen LogP contribution in [0.4, 0.5) is 10.2 Å². The number of hydrogen-bond donors (Lipinski definition) is 0. The Morgan fingerprint density at radius 2 is 2.03 bits per heavy atom. The number of methoxy groups -OCH3 is 1. The molecule has 7 nitrogen and oxygen atoms in total. The van der Waals surface area contributed by atoms with E-state index >= 15 is 0 Å². The van der Waals surface area contributed by atoms with Crippen molar-refractivity contribution in [2.24, 2.45) is 5.41 Å². The smallest absolute Gasteiger partial charge is 0.165 e. The number of fused-ring (bicyclic) bond motifs is 3. The number of nitrogens with zero attached hydrogens (tertiary/aromatic N) is 6. The predicted molar refractivity (Wildman–Crippen MR) is 123 cm³/mol. The first-order valence-electron chi connectivity index (χ1n) is 11.3. The lowest BCUT2D eigenvalue weighted by atomic mass is 9.57. The Labute approximate surface area is 197 Å². The molecule has 2 aromatic heterocycles. The molecule has 3 aliphatic rings. The molecule has 33 heavy (non-hydrogen) atoms. The lowest BCUT2D eigenvalue weighted by Gasteiger charge is -2.59. The molecule has 1 aliphatic carbocycles. The summed E-state index contributed by atoms with van der Waals surface area (Å²) in [5.41, 5.74) is 2.51. The Balaban J connectivity index is 1.23. The van der Waals surface area contributed by atoms with E-state index in [1.165, 1.54) is 11.6 Å². The minimum Gasteiger partial charge on any atom is -0.383 e. The third-order valence-electron chi connectivity index (χ3n) is 7.22. The van der Waals surface area contributed by atoms with Gasteiger partial charge in [-0.15, -0.1) is 10.2 Å². The molecule has 9 heteroatoms. The van der Waals surface area contributed by atoms with E-state index in [0.29, 0.717) is 24.9 Å². The normalized spacial score (nSPS) is 19.5. The summed E-state index contributed by atoms with van der Waals surface area (Å²) in [6.45, 7) is 4.67. The van der Waals surface area contributed by atoms with Crippen LogP contribution in [0.1, 0.15) is 36.0 Å². The summed E-state index contributed by atoms with van der Waals surface area (Å²) in [5, 5.41) is 9.98. The van der Waals surface area contributed by atoms with Crippen LogP contribution in [0.2, 0.25) is 5.02 Å². The van der Waals surface area contributed by atoms with Crippen molar-refractivity contribution in [3.05, 3.63) is 64.6 Å². The van der Waals surface area contributed by atoms with Gasteiger partial charge < -0.3 is 9.64 Å². The highest BCUT2D eigenvalue weighted by atomic mass is 35.5. The standard InChI is InChI=1S/C24H26ClFN6O/c1-33-8-7-30-12-16-9-18(25)4-5-20(16)32-21(13-30)28-29-22(32)17-10-24(11-17)14-31(15-24)23-19(26)3-2-6-27-23/h2-6,9,17H,7-8,10-15H2,1H3. The molecule has 172 valence electrons. The Morgan fingerprint density at radius 3 is 2.82 bits per heavy atom. The van der Waals surface area contributed by atoms with E-state index in [9.17, 15) is 4.39 Å². The zero-order valence-electron chi connectivity index (χ0n) is 18.5. The van der Waals surface area contributed by atoms with E-state index in [2.05, 4.69) is 30.7 Å². The van der Waals surface area contributed by atoms with E-state index < -0.39 is 0 Å². The molecule has 0 unspecified atom stereocenters. The summed E-state index contributed by atoms with van der Waals surface area (Å²) >= 11 is 6.34. The lowest BCUT2D eigenvalue weighted by Crippen LogP contribution is -2.62. The van der Waals surface area contributed by atoms with Gasteiger partial charge in [-0.2, -0.15) is 0 Å². The molecule has 0 N–H and O–H groups in total. The summed E-state index contributed by atoms with van der Waals surface area (Å²) in [6.07, 6.45) is 3.72. The van der Waals surface area contributed by atoms with Crippen molar-refractivity contribution in [2.75, 3.05) is 38.3 Å². The average Bonchev–Trinajstić information content (AvgIpc) is 3.07. The van der Waals surface area contributed by atoms with Crippen molar-refractivity contribution < 1.29 is 9.13 Å². The van der Waals surface area contributed by atoms with Crippen LogP contribution in [0.5, 0.6) is 0 Å². The monoisotopic (exact) mass is 468 g/mol. The Morgan fingerprint density at radius 1 is 1.18 bits per heavy atom. The van der Waals surface area contributed by atoms with Gasteiger partial charge in [-0.3, -0.25) is 9.47 Å². The van der Waals surface area contributed by atoms with Gasteiger partial charge in [0.25, 0.3) is 0 Å². The zero-order chi connectivity index (χ0) is 22.6. The van der Waals surface area contributed by atoms with Crippen LogP contribution >= 0.6 is 11.6 Å². The van der Waals surface area contributed by atoms with Crippen LogP contribution in [0, 0.1) is 11.2 Å². The summed E-state index contributed by atoms with van der Waals surface area (Å²) in [5.74, 6) is 2.53. The average molecular weight is 469 g/mol. The zero-order valence-corrected chi connectivity index (χ0v) is 19.3. The highest BCUT2D eigenvalue weighted by Crippen LogP contribution is 2.56. The van der Waals surface area contributed by atoms with Crippen molar-refractivity contribution in [2.45, 2.75) is 31.8 Å². The van der Waals surface area contributed by atoms with Crippen molar-refractivity contribution in [1.29, 1.82) is 0 Å². The van der Waals surface area contributed by atoms with Gasteiger partial charge in [0.15, 0.2) is 17.5 Å². The number of halogens is 2. The second-order valence-corrected chi connectivity index (χ2v) is 9.99. The first-order chi connectivity index (χ1) is 16.0. The fourth-order valence-corrected chi connectivity index (χ4v) is 5.88. The molecule has 1 aromatic carbocycles. The number of ether oxygens (including phenoxy) is 1. The van der Waals surface area contributed by atoms with Crippen molar-refractivity contribution in [3.63, 3.8) is 0 Å². The molecular weight excluding hydrogens is 443 g/mol. The molecule has 6 rings (SSSR count). The molecule has 3 aromatic rings. The van der Waals surface area contributed by atoms with Gasteiger partial charge in [0.1, 0.15) is 5.82 Å². The molecular formula is C24H26ClFN6O. The fraction of sp³-hybridized carbons (Fsp3) is 0.458. The summed E-state index contributed by atoms with van der Waals surface area (Å²) in [4.78, 5) is 8.59. The molecule has 2 aliphatic heterocycles. The number of hydrogen-bond acceptors (Lipinski definition) is 6. The number of aromatic nitrogens is 4. The van der Waals surface area contributed by atoms with Crippen LogP contribution in [-0.2, 0) is 17.8 Å². The number of pyridine rings is 1. The van der Waals surface area contributed by atoms with Crippen LogP contribution in [0.3, 0.4) is 0 Å².